The number of aliphatic hydroxyl groups is 1. The van der Waals surface area contributed by atoms with Crippen LogP contribution in [0.2, 0.25) is 5.02 Å². The van der Waals surface area contributed by atoms with Crippen molar-refractivity contribution in [3.05, 3.63) is 64.7 Å². The van der Waals surface area contributed by atoms with E-state index in [1.807, 2.05) is 49.4 Å². The van der Waals surface area contributed by atoms with E-state index in [2.05, 4.69) is 18.3 Å². The molecule has 0 aliphatic heterocycles. The second-order valence-electron chi connectivity index (χ2n) is 5.46. The van der Waals surface area contributed by atoms with Gasteiger partial charge in [-0.05, 0) is 49.6 Å². The minimum Gasteiger partial charge on any atom is -0.394 e. The van der Waals surface area contributed by atoms with Crippen molar-refractivity contribution in [3.8, 4) is 0 Å². The Labute approximate surface area is 125 Å². The molecule has 3 heteroatoms. The number of benzene rings is 2. The number of nitrogens with one attached hydrogen (secondary N) is 1. The largest absolute Gasteiger partial charge is 0.394 e. The average Bonchev–Trinajstić information content (AvgIpc) is 2.44. The molecule has 2 aromatic rings. The van der Waals surface area contributed by atoms with Gasteiger partial charge in [0, 0.05) is 10.7 Å². The van der Waals surface area contributed by atoms with Crippen LogP contribution in [0.25, 0.3) is 0 Å². The van der Waals surface area contributed by atoms with Gasteiger partial charge in [0.05, 0.1) is 12.1 Å². The van der Waals surface area contributed by atoms with Crippen LogP contribution in [0.5, 0.6) is 0 Å². The quantitative estimate of drug-likeness (QED) is 0.870. The monoisotopic (exact) mass is 289 g/mol. The van der Waals surface area contributed by atoms with Crippen molar-refractivity contribution >= 4 is 17.3 Å². The van der Waals surface area contributed by atoms with Crippen LogP contribution < -0.4 is 5.32 Å². The zero-order chi connectivity index (χ0) is 14.6. The number of hydrogen-bond donors (Lipinski definition) is 2. The molecule has 2 rings (SSSR count). The van der Waals surface area contributed by atoms with Crippen molar-refractivity contribution in [3.63, 3.8) is 0 Å². The molecule has 0 aliphatic rings. The summed E-state index contributed by atoms with van der Waals surface area (Å²) in [6, 6.07) is 15.8. The van der Waals surface area contributed by atoms with Gasteiger partial charge in [-0.1, -0.05) is 41.9 Å². The van der Waals surface area contributed by atoms with E-state index >= 15 is 0 Å². The van der Waals surface area contributed by atoms with Crippen molar-refractivity contribution in [2.75, 3.05) is 11.9 Å². The van der Waals surface area contributed by atoms with E-state index in [0.29, 0.717) is 0 Å². The highest BCUT2D eigenvalue weighted by molar-refractivity contribution is 6.30. The third kappa shape index (κ3) is 3.75. The highest BCUT2D eigenvalue weighted by Crippen LogP contribution is 2.23. The first-order valence-electron chi connectivity index (χ1n) is 6.71. The Morgan fingerprint density at radius 2 is 1.75 bits per heavy atom. The van der Waals surface area contributed by atoms with Gasteiger partial charge in [0.15, 0.2) is 0 Å². The van der Waals surface area contributed by atoms with Gasteiger partial charge in [0.1, 0.15) is 0 Å². The summed E-state index contributed by atoms with van der Waals surface area (Å²) in [6.45, 7) is 4.14. The second kappa shape index (κ2) is 6.29. The molecule has 2 nitrogen and oxygen atoms in total. The molecule has 0 fully saturated rings. The Morgan fingerprint density at radius 1 is 1.10 bits per heavy atom. The summed E-state index contributed by atoms with van der Waals surface area (Å²) in [7, 11) is 0. The topological polar surface area (TPSA) is 32.3 Å². The zero-order valence-electron chi connectivity index (χ0n) is 11.9. The van der Waals surface area contributed by atoms with Crippen molar-refractivity contribution in [2.24, 2.45) is 0 Å². The first-order valence-corrected chi connectivity index (χ1v) is 7.09. The third-order valence-electron chi connectivity index (χ3n) is 3.44. The first kappa shape index (κ1) is 14.9. The first-order chi connectivity index (χ1) is 9.52. The Balaban J connectivity index is 2.17. The number of rotatable bonds is 5. The number of aliphatic hydroxyl groups excluding tert-OH is 1. The standard InChI is InChI=1S/C17H20ClNO/c1-13-5-3-4-6-16(13)19-17(2,12-20)11-14-7-9-15(18)10-8-14/h3-10,19-20H,11-12H2,1-2H3. The zero-order valence-corrected chi connectivity index (χ0v) is 12.6. The van der Waals surface area contributed by atoms with E-state index in [-0.39, 0.29) is 6.61 Å². The fourth-order valence-electron chi connectivity index (χ4n) is 2.23. The average molecular weight is 290 g/mol. The molecule has 0 heterocycles. The summed E-state index contributed by atoms with van der Waals surface area (Å²) in [5, 5.41) is 13.9. The molecule has 0 bridgehead atoms. The van der Waals surface area contributed by atoms with Crippen molar-refractivity contribution < 1.29 is 5.11 Å². The lowest BCUT2D eigenvalue weighted by Crippen LogP contribution is -2.41. The highest BCUT2D eigenvalue weighted by atomic mass is 35.5. The molecule has 2 N–H and O–H groups in total. The van der Waals surface area contributed by atoms with Crippen molar-refractivity contribution in [2.45, 2.75) is 25.8 Å². The smallest absolute Gasteiger partial charge is 0.0662 e. The fourth-order valence-corrected chi connectivity index (χ4v) is 2.36. The normalized spacial score (nSPS) is 13.8. The Hall–Kier alpha value is -1.51. The molecule has 0 saturated carbocycles. The lowest BCUT2D eigenvalue weighted by atomic mass is 9.93. The summed E-state index contributed by atoms with van der Waals surface area (Å²) >= 11 is 5.90. The molecule has 1 unspecified atom stereocenters. The van der Waals surface area contributed by atoms with Crippen LogP contribution in [0.1, 0.15) is 18.1 Å². The van der Waals surface area contributed by atoms with Crippen LogP contribution in [0.15, 0.2) is 48.5 Å². The van der Waals surface area contributed by atoms with E-state index in [0.717, 1.165) is 22.7 Å². The maximum atomic E-state index is 9.76. The third-order valence-corrected chi connectivity index (χ3v) is 3.69. The molecule has 0 radical (unpaired) electrons. The molecule has 0 saturated heterocycles. The van der Waals surface area contributed by atoms with Gasteiger partial charge >= 0.3 is 0 Å². The molecule has 0 spiro atoms. The van der Waals surface area contributed by atoms with Gasteiger partial charge < -0.3 is 10.4 Å². The van der Waals surface area contributed by atoms with Gasteiger partial charge in [0.2, 0.25) is 0 Å². The second-order valence-corrected chi connectivity index (χ2v) is 5.90. The van der Waals surface area contributed by atoms with Gasteiger partial charge in [-0.15, -0.1) is 0 Å². The summed E-state index contributed by atoms with van der Waals surface area (Å²) in [6.07, 6.45) is 0.731. The minimum absolute atomic E-state index is 0.0595. The molecular formula is C17H20ClNO. The van der Waals surface area contributed by atoms with Crippen molar-refractivity contribution in [1.29, 1.82) is 0 Å². The lowest BCUT2D eigenvalue weighted by Gasteiger charge is -2.31. The molecule has 0 amide bonds. The molecule has 0 aromatic heterocycles. The van der Waals surface area contributed by atoms with Crippen LogP contribution in [-0.4, -0.2) is 17.3 Å². The Bertz CT molecular complexity index is 567. The molecule has 20 heavy (non-hydrogen) atoms. The summed E-state index contributed by atoms with van der Waals surface area (Å²) < 4.78 is 0. The maximum absolute atomic E-state index is 9.76. The summed E-state index contributed by atoms with van der Waals surface area (Å²) in [4.78, 5) is 0. The van der Waals surface area contributed by atoms with Crippen molar-refractivity contribution in [1.82, 2.24) is 0 Å². The Morgan fingerprint density at radius 3 is 2.35 bits per heavy atom. The highest BCUT2D eigenvalue weighted by Gasteiger charge is 2.24. The molecule has 0 aliphatic carbocycles. The number of hydrogen-bond acceptors (Lipinski definition) is 2. The molecular weight excluding hydrogens is 270 g/mol. The van der Waals surface area contributed by atoms with E-state index in [9.17, 15) is 5.11 Å². The molecule has 2 aromatic carbocycles. The van der Waals surface area contributed by atoms with Crippen LogP contribution in [-0.2, 0) is 6.42 Å². The van der Waals surface area contributed by atoms with Gasteiger partial charge in [-0.3, -0.25) is 0 Å². The maximum Gasteiger partial charge on any atom is 0.0662 e. The van der Waals surface area contributed by atoms with E-state index < -0.39 is 5.54 Å². The fraction of sp³-hybridized carbons (Fsp3) is 0.294. The van der Waals surface area contributed by atoms with Crippen LogP contribution in [0.3, 0.4) is 0 Å². The number of anilines is 1. The van der Waals surface area contributed by atoms with E-state index in [1.165, 1.54) is 5.56 Å². The number of halogens is 1. The predicted octanol–water partition coefficient (Wildman–Crippen LogP) is 4.05. The van der Waals surface area contributed by atoms with Gasteiger partial charge in [-0.2, -0.15) is 0 Å². The van der Waals surface area contributed by atoms with Gasteiger partial charge in [0.25, 0.3) is 0 Å². The summed E-state index contributed by atoms with van der Waals surface area (Å²) in [5.41, 5.74) is 2.97. The van der Waals surface area contributed by atoms with Gasteiger partial charge in [-0.25, -0.2) is 0 Å². The number of para-hydroxylation sites is 1. The van der Waals surface area contributed by atoms with E-state index in [4.69, 9.17) is 11.6 Å². The van der Waals surface area contributed by atoms with Crippen LogP contribution >= 0.6 is 11.6 Å². The predicted molar refractivity (Wildman–Crippen MR) is 85.4 cm³/mol. The van der Waals surface area contributed by atoms with Crippen LogP contribution in [0, 0.1) is 6.92 Å². The lowest BCUT2D eigenvalue weighted by molar-refractivity contribution is 0.222. The Kier molecular flexibility index (Phi) is 4.69. The molecule has 1 atom stereocenters. The molecule has 106 valence electrons. The minimum atomic E-state index is -0.403. The summed E-state index contributed by atoms with van der Waals surface area (Å²) in [5.74, 6) is 0. The van der Waals surface area contributed by atoms with Crippen LogP contribution in [0.4, 0.5) is 5.69 Å². The van der Waals surface area contributed by atoms with E-state index in [1.54, 1.807) is 0 Å². The SMILES string of the molecule is Cc1ccccc1NC(C)(CO)Cc1ccc(Cl)cc1. The number of aryl methyl sites for hydroxylation is 1.